The summed E-state index contributed by atoms with van der Waals surface area (Å²) in [6, 6.07) is 2.21. The van der Waals surface area contributed by atoms with Crippen molar-refractivity contribution < 1.29 is 0 Å². The first-order chi connectivity index (χ1) is 9.26. The molecule has 0 spiro atoms. The third kappa shape index (κ3) is 2.83. The van der Waals surface area contributed by atoms with Crippen LogP contribution in [0.3, 0.4) is 0 Å². The first kappa shape index (κ1) is 12.3. The van der Waals surface area contributed by atoms with Gasteiger partial charge in [0, 0.05) is 12.5 Å². The van der Waals surface area contributed by atoms with E-state index in [4.69, 9.17) is 5.73 Å². The number of aryl methyl sites for hydroxylation is 1. The molecule has 1 saturated carbocycles. The predicted molar refractivity (Wildman–Crippen MR) is 70.7 cm³/mol. The average Bonchev–Trinajstić information content (AvgIpc) is 3.10. The molecule has 1 aliphatic carbocycles. The Hall–Kier alpha value is -1.70. The number of aromatic nitrogens is 6. The highest BCUT2D eigenvalue weighted by Gasteiger charge is 2.28. The molecule has 0 radical (unpaired) electrons. The van der Waals surface area contributed by atoms with E-state index in [1.165, 1.54) is 11.8 Å². The van der Waals surface area contributed by atoms with E-state index >= 15 is 0 Å². The van der Waals surface area contributed by atoms with Gasteiger partial charge in [-0.15, -0.1) is 5.10 Å². The number of anilines is 1. The summed E-state index contributed by atoms with van der Waals surface area (Å²) in [5, 5.41) is 13.4. The molecule has 1 aliphatic rings. The molecule has 0 aromatic carbocycles. The molecule has 0 unspecified atom stereocenters. The van der Waals surface area contributed by atoms with E-state index in [2.05, 4.69) is 32.4 Å². The third-order valence-electron chi connectivity index (χ3n) is 2.79. The number of rotatable bonds is 5. The highest BCUT2D eigenvalue weighted by Crippen LogP contribution is 2.37. The first-order valence-electron chi connectivity index (χ1n) is 6.35. The van der Waals surface area contributed by atoms with Crippen LogP contribution in [0.1, 0.15) is 38.1 Å². The summed E-state index contributed by atoms with van der Waals surface area (Å²) in [6.45, 7) is 2.09. The maximum absolute atomic E-state index is 5.81. The Labute approximate surface area is 115 Å². The second-order valence-corrected chi connectivity index (χ2v) is 5.52. The summed E-state index contributed by atoms with van der Waals surface area (Å²) >= 11 is 1.44. The van der Waals surface area contributed by atoms with Crippen molar-refractivity contribution in [3.63, 3.8) is 0 Å². The molecule has 1 fully saturated rings. The van der Waals surface area contributed by atoms with E-state index < -0.39 is 0 Å². The van der Waals surface area contributed by atoms with Crippen molar-refractivity contribution in [1.82, 2.24) is 30.2 Å². The Morgan fingerprint density at radius 2 is 2.26 bits per heavy atom. The Morgan fingerprint density at radius 1 is 1.42 bits per heavy atom. The molecule has 0 amide bonds. The third-order valence-corrected chi connectivity index (χ3v) is 3.66. The van der Waals surface area contributed by atoms with Crippen molar-refractivity contribution in [1.29, 1.82) is 0 Å². The first-order valence-corrected chi connectivity index (χ1v) is 7.17. The van der Waals surface area contributed by atoms with Crippen LogP contribution >= 0.6 is 11.8 Å². The lowest BCUT2D eigenvalue weighted by Gasteiger charge is -2.04. The smallest absolute Gasteiger partial charge is 0.215 e. The molecule has 7 nitrogen and oxygen atoms in total. The molecule has 0 bridgehead atoms. The van der Waals surface area contributed by atoms with E-state index in [1.54, 1.807) is 6.07 Å². The van der Waals surface area contributed by atoms with Crippen LogP contribution in [0.4, 0.5) is 5.82 Å². The molecule has 2 aromatic heterocycles. The van der Waals surface area contributed by atoms with Gasteiger partial charge in [0.25, 0.3) is 0 Å². The molecule has 0 atom stereocenters. The number of nitrogen functional groups attached to an aromatic ring is 1. The van der Waals surface area contributed by atoms with Gasteiger partial charge in [0.05, 0.1) is 6.04 Å². The van der Waals surface area contributed by atoms with Crippen LogP contribution in [-0.2, 0) is 6.42 Å². The van der Waals surface area contributed by atoms with Crippen LogP contribution in [0.15, 0.2) is 16.2 Å². The Bertz CT molecular complexity index is 578. The number of tetrazole rings is 1. The van der Waals surface area contributed by atoms with Crippen LogP contribution in [0.25, 0.3) is 0 Å². The second kappa shape index (κ2) is 5.12. The van der Waals surface area contributed by atoms with Crippen molar-refractivity contribution in [3.05, 3.63) is 11.9 Å². The zero-order valence-electron chi connectivity index (χ0n) is 10.7. The molecular formula is C11H15N7S. The van der Waals surface area contributed by atoms with E-state index in [9.17, 15) is 0 Å². The van der Waals surface area contributed by atoms with Crippen molar-refractivity contribution in [3.8, 4) is 0 Å². The predicted octanol–water partition coefficient (Wildman–Crippen LogP) is 1.48. The minimum Gasteiger partial charge on any atom is -0.384 e. The maximum Gasteiger partial charge on any atom is 0.215 e. The van der Waals surface area contributed by atoms with Gasteiger partial charge in [0.15, 0.2) is 0 Å². The lowest BCUT2D eigenvalue weighted by atomic mass is 10.3. The zero-order chi connectivity index (χ0) is 13.2. The lowest BCUT2D eigenvalue weighted by molar-refractivity contribution is 0.565. The summed E-state index contributed by atoms with van der Waals surface area (Å²) in [5.41, 5.74) is 5.81. The summed E-state index contributed by atoms with van der Waals surface area (Å²) < 4.78 is 1.86. The molecule has 19 heavy (non-hydrogen) atoms. The minimum atomic E-state index is 0.451. The van der Waals surface area contributed by atoms with Crippen LogP contribution < -0.4 is 5.73 Å². The summed E-state index contributed by atoms with van der Waals surface area (Å²) in [7, 11) is 0. The van der Waals surface area contributed by atoms with Gasteiger partial charge in [-0.1, -0.05) is 6.92 Å². The Kier molecular flexibility index (Phi) is 3.33. The quantitative estimate of drug-likeness (QED) is 0.827. The number of hydrogen-bond acceptors (Lipinski definition) is 7. The SMILES string of the molecule is CCCc1nc(N)cc(Sc2nnnn2C2CC2)n1. The highest BCUT2D eigenvalue weighted by molar-refractivity contribution is 7.99. The van der Waals surface area contributed by atoms with Gasteiger partial charge in [-0.05, 0) is 41.5 Å². The second-order valence-electron chi connectivity index (χ2n) is 4.54. The molecule has 0 saturated heterocycles. The molecule has 2 N–H and O–H groups in total. The monoisotopic (exact) mass is 277 g/mol. The minimum absolute atomic E-state index is 0.451. The van der Waals surface area contributed by atoms with Gasteiger partial charge in [-0.3, -0.25) is 0 Å². The Balaban J connectivity index is 1.83. The summed E-state index contributed by atoms with van der Waals surface area (Å²) in [4.78, 5) is 8.70. The molecular weight excluding hydrogens is 262 g/mol. The standard InChI is InChI=1S/C11H15N7S/c1-2-3-9-13-8(12)6-10(14-9)19-11-15-16-17-18(11)7-4-5-7/h6-7H,2-5H2,1H3,(H2,12,13,14). The maximum atomic E-state index is 5.81. The van der Waals surface area contributed by atoms with E-state index in [0.717, 1.165) is 41.7 Å². The number of hydrogen-bond donors (Lipinski definition) is 1. The van der Waals surface area contributed by atoms with Crippen LogP contribution in [0, 0.1) is 0 Å². The molecule has 100 valence electrons. The molecule has 2 heterocycles. The highest BCUT2D eigenvalue weighted by atomic mass is 32.2. The Morgan fingerprint density at radius 3 is 3.00 bits per heavy atom. The van der Waals surface area contributed by atoms with Crippen molar-refractivity contribution in [2.75, 3.05) is 5.73 Å². The number of nitrogens with zero attached hydrogens (tertiary/aromatic N) is 6. The fraction of sp³-hybridized carbons (Fsp3) is 0.545. The van der Waals surface area contributed by atoms with Gasteiger partial charge >= 0.3 is 0 Å². The topological polar surface area (TPSA) is 95.4 Å². The van der Waals surface area contributed by atoms with Crippen molar-refractivity contribution in [2.45, 2.75) is 48.8 Å². The molecule has 3 rings (SSSR count). The van der Waals surface area contributed by atoms with Crippen LogP contribution in [-0.4, -0.2) is 30.2 Å². The van der Waals surface area contributed by atoms with Crippen LogP contribution in [0.2, 0.25) is 0 Å². The van der Waals surface area contributed by atoms with Crippen LogP contribution in [0.5, 0.6) is 0 Å². The van der Waals surface area contributed by atoms with Gasteiger partial charge < -0.3 is 5.73 Å². The van der Waals surface area contributed by atoms with Gasteiger partial charge in [-0.2, -0.15) is 0 Å². The average molecular weight is 277 g/mol. The normalized spacial score (nSPS) is 14.8. The van der Waals surface area contributed by atoms with E-state index in [-0.39, 0.29) is 0 Å². The largest absolute Gasteiger partial charge is 0.384 e. The molecule has 2 aromatic rings. The van der Waals surface area contributed by atoms with Crippen molar-refractivity contribution >= 4 is 17.6 Å². The van der Waals surface area contributed by atoms with Gasteiger partial charge in [-0.25, -0.2) is 14.6 Å². The summed E-state index contributed by atoms with van der Waals surface area (Å²) in [5.74, 6) is 1.27. The van der Waals surface area contributed by atoms with Gasteiger partial charge in [0.1, 0.15) is 16.7 Å². The van der Waals surface area contributed by atoms with Gasteiger partial charge in [0.2, 0.25) is 5.16 Å². The van der Waals surface area contributed by atoms with Crippen molar-refractivity contribution in [2.24, 2.45) is 0 Å². The van der Waals surface area contributed by atoms with E-state index in [0.29, 0.717) is 11.9 Å². The van der Waals surface area contributed by atoms with E-state index in [1.807, 2.05) is 4.68 Å². The summed E-state index contributed by atoms with van der Waals surface area (Å²) in [6.07, 6.45) is 4.11. The lowest BCUT2D eigenvalue weighted by Crippen LogP contribution is -2.02. The number of nitrogens with two attached hydrogens (primary N) is 1. The molecule has 0 aliphatic heterocycles. The zero-order valence-corrected chi connectivity index (χ0v) is 11.5. The molecule has 8 heteroatoms. The fourth-order valence-corrected chi connectivity index (χ4v) is 2.65. The fourth-order valence-electron chi connectivity index (χ4n) is 1.77.